The number of hydrogen-bond donors (Lipinski definition) is 1. The Morgan fingerprint density at radius 3 is 2.74 bits per heavy atom. The van der Waals surface area contributed by atoms with Gasteiger partial charge < -0.3 is 19.8 Å². The predicted octanol–water partition coefficient (Wildman–Crippen LogP) is 0.705. The minimum Gasteiger partial charge on any atom is -0.480 e. The van der Waals surface area contributed by atoms with Crippen LogP contribution in [0.15, 0.2) is 12.7 Å². The molecule has 1 saturated heterocycles. The third-order valence-corrected chi connectivity index (χ3v) is 3.40. The largest absolute Gasteiger partial charge is 0.480 e. The Kier molecular flexibility index (Phi) is 5.82. The van der Waals surface area contributed by atoms with Crippen molar-refractivity contribution in [2.24, 2.45) is 0 Å². The number of aliphatic carboxylic acids is 1. The molecule has 0 radical (unpaired) electrons. The van der Waals surface area contributed by atoms with E-state index in [0.29, 0.717) is 0 Å². The first-order valence-electron chi connectivity index (χ1n) is 6.48. The molecule has 1 unspecified atom stereocenters. The number of carboxylic acid groups (broad SMARTS) is 1. The molecule has 0 saturated carbocycles. The molecule has 0 aromatic carbocycles. The zero-order valence-electron chi connectivity index (χ0n) is 11.7. The Balaban J connectivity index is 2.66. The maximum Gasteiger partial charge on any atom is 0.323 e. The minimum atomic E-state index is -1.01. The molecule has 0 bridgehead atoms. The summed E-state index contributed by atoms with van der Waals surface area (Å²) in [6.07, 6.45) is 3.56. The van der Waals surface area contributed by atoms with E-state index in [0.717, 1.165) is 25.9 Å². The molecule has 1 N–H and O–H groups in total. The molecule has 6 nitrogen and oxygen atoms in total. The lowest BCUT2D eigenvalue weighted by atomic mass is 10.1. The van der Waals surface area contributed by atoms with Crippen molar-refractivity contribution in [1.82, 2.24) is 14.7 Å². The zero-order chi connectivity index (χ0) is 14.4. The van der Waals surface area contributed by atoms with E-state index < -0.39 is 5.97 Å². The van der Waals surface area contributed by atoms with Gasteiger partial charge in [0, 0.05) is 26.2 Å². The van der Waals surface area contributed by atoms with E-state index in [9.17, 15) is 9.59 Å². The maximum atomic E-state index is 12.3. The monoisotopic (exact) mass is 269 g/mol. The molecule has 108 valence electrons. The van der Waals surface area contributed by atoms with Crippen molar-refractivity contribution in [1.29, 1.82) is 0 Å². The number of carboxylic acids is 1. The van der Waals surface area contributed by atoms with Crippen LogP contribution in [0.3, 0.4) is 0 Å². The SMILES string of the molecule is C=CCN(CC(=O)O)C(=O)N(C)C1CCCN(C)C1. The average molecular weight is 269 g/mol. The van der Waals surface area contributed by atoms with Gasteiger partial charge in [-0.1, -0.05) is 6.08 Å². The Labute approximate surface area is 114 Å². The first-order valence-corrected chi connectivity index (χ1v) is 6.48. The Hall–Kier alpha value is -1.56. The van der Waals surface area contributed by atoms with Gasteiger partial charge in [-0.3, -0.25) is 4.79 Å². The van der Waals surface area contributed by atoms with E-state index in [4.69, 9.17) is 5.11 Å². The molecule has 1 atom stereocenters. The van der Waals surface area contributed by atoms with E-state index in [1.165, 1.54) is 4.90 Å². The van der Waals surface area contributed by atoms with E-state index >= 15 is 0 Å². The van der Waals surface area contributed by atoms with Gasteiger partial charge >= 0.3 is 12.0 Å². The normalized spacial score (nSPS) is 19.8. The van der Waals surface area contributed by atoms with Crippen molar-refractivity contribution in [3.8, 4) is 0 Å². The van der Waals surface area contributed by atoms with Crippen LogP contribution in [-0.2, 0) is 4.79 Å². The molecular formula is C13H23N3O3. The molecule has 0 aromatic heterocycles. The number of carbonyl (C=O) groups is 2. The second-order valence-electron chi connectivity index (χ2n) is 5.01. The summed E-state index contributed by atoms with van der Waals surface area (Å²) in [7, 11) is 3.77. The lowest BCUT2D eigenvalue weighted by Crippen LogP contribution is -2.52. The van der Waals surface area contributed by atoms with E-state index in [2.05, 4.69) is 11.5 Å². The number of urea groups is 1. The topological polar surface area (TPSA) is 64.1 Å². The number of rotatable bonds is 5. The van der Waals surface area contributed by atoms with Crippen molar-refractivity contribution in [2.45, 2.75) is 18.9 Å². The molecular weight excluding hydrogens is 246 g/mol. The van der Waals surface area contributed by atoms with Crippen molar-refractivity contribution >= 4 is 12.0 Å². The number of nitrogens with zero attached hydrogens (tertiary/aromatic N) is 3. The fraction of sp³-hybridized carbons (Fsp3) is 0.692. The van der Waals surface area contributed by atoms with Gasteiger partial charge in [-0.2, -0.15) is 0 Å². The quantitative estimate of drug-likeness (QED) is 0.746. The van der Waals surface area contributed by atoms with Crippen LogP contribution in [0.2, 0.25) is 0 Å². The van der Waals surface area contributed by atoms with Crippen LogP contribution in [-0.4, -0.2) is 78.1 Å². The molecule has 6 heteroatoms. The third-order valence-electron chi connectivity index (χ3n) is 3.40. The number of likely N-dealkylation sites (N-methyl/N-ethyl adjacent to an activating group) is 2. The first kappa shape index (κ1) is 15.5. The maximum absolute atomic E-state index is 12.3. The highest BCUT2D eigenvalue weighted by atomic mass is 16.4. The van der Waals surface area contributed by atoms with Crippen LogP contribution in [0.1, 0.15) is 12.8 Å². The molecule has 1 rings (SSSR count). The van der Waals surface area contributed by atoms with Gasteiger partial charge in [0.1, 0.15) is 6.54 Å². The summed E-state index contributed by atoms with van der Waals surface area (Å²) < 4.78 is 0. The summed E-state index contributed by atoms with van der Waals surface area (Å²) in [6.45, 7) is 5.39. The minimum absolute atomic E-state index is 0.146. The summed E-state index contributed by atoms with van der Waals surface area (Å²) >= 11 is 0. The molecule has 1 aliphatic rings. The van der Waals surface area contributed by atoms with Gasteiger partial charge in [0.05, 0.1) is 0 Å². The van der Waals surface area contributed by atoms with Crippen LogP contribution in [0.4, 0.5) is 4.79 Å². The number of piperidine rings is 1. The van der Waals surface area contributed by atoms with Crippen LogP contribution in [0, 0.1) is 0 Å². The summed E-state index contributed by atoms with van der Waals surface area (Å²) in [5.74, 6) is -1.01. The van der Waals surface area contributed by atoms with Crippen LogP contribution in [0.5, 0.6) is 0 Å². The highest BCUT2D eigenvalue weighted by molar-refractivity contribution is 5.80. The number of hydrogen-bond acceptors (Lipinski definition) is 3. The molecule has 0 spiro atoms. The van der Waals surface area contributed by atoms with Crippen LogP contribution < -0.4 is 0 Å². The third kappa shape index (κ3) is 4.55. The predicted molar refractivity (Wildman–Crippen MR) is 73.1 cm³/mol. The molecule has 1 heterocycles. The van der Waals surface area contributed by atoms with Gasteiger partial charge in [-0.05, 0) is 26.4 Å². The van der Waals surface area contributed by atoms with Gasteiger partial charge in [-0.15, -0.1) is 6.58 Å². The standard InChI is InChI=1S/C13H23N3O3/c1-4-7-16(10-12(17)18)13(19)15(3)11-6-5-8-14(2)9-11/h4,11H,1,5-10H2,2-3H3,(H,17,18). The molecule has 0 aliphatic carbocycles. The highest BCUT2D eigenvalue weighted by Crippen LogP contribution is 2.15. The number of likely N-dealkylation sites (tertiary alicyclic amines) is 1. The van der Waals surface area contributed by atoms with Crippen molar-refractivity contribution in [3.63, 3.8) is 0 Å². The Morgan fingerprint density at radius 2 is 2.21 bits per heavy atom. The lowest BCUT2D eigenvalue weighted by Gasteiger charge is -2.37. The molecule has 2 amide bonds. The fourth-order valence-corrected chi connectivity index (χ4v) is 2.36. The molecule has 0 aromatic rings. The van der Waals surface area contributed by atoms with Gasteiger partial charge in [0.15, 0.2) is 0 Å². The second-order valence-corrected chi connectivity index (χ2v) is 5.01. The van der Waals surface area contributed by atoms with E-state index in [1.54, 1.807) is 18.0 Å². The van der Waals surface area contributed by atoms with Crippen LogP contribution >= 0.6 is 0 Å². The molecule has 1 aliphatic heterocycles. The Bertz CT molecular complexity index is 346. The molecule has 19 heavy (non-hydrogen) atoms. The summed E-state index contributed by atoms with van der Waals surface area (Å²) in [6, 6.07) is -0.102. The van der Waals surface area contributed by atoms with E-state index in [-0.39, 0.29) is 25.2 Å². The van der Waals surface area contributed by atoms with Gasteiger partial charge in [0.25, 0.3) is 0 Å². The van der Waals surface area contributed by atoms with Crippen LogP contribution in [0.25, 0.3) is 0 Å². The summed E-state index contributed by atoms with van der Waals surface area (Å²) in [4.78, 5) is 28.2. The summed E-state index contributed by atoms with van der Waals surface area (Å²) in [5.41, 5.74) is 0. The van der Waals surface area contributed by atoms with Crippen molar-refractivity contribution in [2.75, 3.05) is 40.3 Å². The number of carbonyl (C=O) groups excluding carboxylic acids is 1. The lowest BCUT2D eigenvalue weighted by molar-refractivity contribution is -0.137. The zero-order valence-corrected chi connectivity index (χ0v) is 11.7. The summed E-state index contributed by atoms with van der Waals surface area (Å²) in [5, 5.41) is 8.84. The van der Waals surface area contributed by atoms with Crippen molar-refractivity contribution in [3.05, 3.63) is 12.7 Å². The number of amides is 2. The van der Waals surface area contributed by atoms with Gasteiger partial charge in [0.2, 0.25) is 0 Å². The fourth-order valence-electron chi connectivity index (χ4n) is 2.36. The van der Waals surface area contributed by atoms with Gasteiger partial charge in [-0.25, -0.2) is 4.79 Å². The Morgan fingerprint density at radius 1 is 1.53 bits per heavy atom. The van der Waals surface area contributed by atoms with Crippen molar-refractivity contribution < 1.29 is 14.7 Å². The highest BCUT2D eigenvalue weighted by Gasteiger charge is 2.27. The first-order chi connectivity index (χ1) is 8.95. The second kappa shape index (κ2) is 7.13. The smallest absolute Gasteiger partial charge is 0.323 e. The molecule has 1 fully saturated rings. The van der Waals surface area contributed by atoms with E-state index in [1.807, 2.05) is 7.05 Å². The average Bonchev–Trinajstić information content (AvgIpc) is 2.36.